The molecule has 0 aliphatic rings. The van der Waals surface area contributed by atoms with E-state index in [1.165, 1.54) is 12.1 Å². The molecule has 0 spiro atoms. The van der Waals surface area contributed by atoms with Gasteiger partial charge in [0.1, 0.15) is 5.75 Å². The third-order valence-electron chi connectivity index (χ3n) is 3.37. The van der Waals surface area contributed by atoms with Crippen LogP contribution in [0.3, 0.4) is 0 Å². The number of benzene rings is 2. The molecule has 156 valence electrons. The molecule has 0 aliphatic heterocycles. The molecular formula is C19H20Cl2NO6P. The molecule has 0 heterocycles. The van der Waals surface area contributed by atoms with Gasteiger partial charge in [-0.1, -0.05) is 58.7 Å². The van der Waals surface area contributed by atoms with Gasteiger partial charge >= 0.3 is 13.6 Å². The van der Waals surface area contributed by atoms with Crippen molar-refractivity contribution in [3.05, 3.63) is 64.1 Å². The van der Waals surface area contributed by atoms with Gasteiger partial charge in [-0.15, -0.1) is 0 Å². The Morgan fingerprint density at radius 1 is 1.00 bits per heavy atom. The van der Waals surface area contributed by atoms with Crippen LogP contribution >= 0.6 is 30.8 Å². The van der Waals surface area contributed by atoms with E-state index in [9.17, 15) is 9.36 Å². The molecule has 0 saturated carbocycles. The summed E-state index contributed by atoms with van der Waals surface area (Å²) < 4.78 is 29.1. The van der Waals surface area contributed by atoms with Crippen LogP contribution in [0.1, 0.15) is 19.4 Å². The summed E-state index contributed by atoms with van der Waals surface area (Å²) in [5.41, 5.74) is 0.334. The Balaban J connectivity index is 2.16. The van der Waals surface area contributed by atoms with E-state index in [-0.39, 0.29) is 23.7 Å². The van der Waals surface area contributed by atoms with Gasteiger partial charge in [-0.05, 0) is 26.0 Å². The number of hydrogen-bond donors (Lipinski definition) is 0. The van der Waals surface area contributed by atoms with Crippen LogP contribution < -0.4 is 4.74 Å². The molecule has 0 aliphatic carbocycles. The first-order valence-corrected chi connectivity index (χ1v) is 11.0. The van der Waals surface area contributed by atoms with Crippen LogP contribution in [0.15, 0.2) is 53.7 Å². The van der Waals surface area contributed by atoms with Crippen LogP contribution in [0, 0.1) is 0 Å². The summed E-state index contributed by atoms with van der Waals surface area (Å²) in [4.78, 5) is 17.0. The van der Waals surface area contributed by atoms with E-state index in [0.29, 0.717) is 16.3 Å². The van der Waals surface area contributed by atoms with Crippen LogP contribution in [0.25, 0.3) is 0 Å². The number of carbonyl (C=O) groups excluding carboxylic acids is 1. The zero-order valence-electron chi connectivity index (χ0n) is 15.8. The first kappa shape index (κ1) is 23.4. The summed E-state index contributed by atoms with van der Waals surface area (Å²) >= 11 is 11.7. The van der Waals surface area contributed by atoms with Crippen LogP contribution in [-0.2, 0) is 23.2 Å². The lowest BCUT2D eigenvalue weighted by atomic mass is 10.2. The monoisotopic (exact) mass is 459 g/mol. The fourth-order valence-electron chi connectivity index (χ4n) is 2.18. The van der Waals surface area contributed by atoms with Gasteiger partial charge in [0.05, 0.1) is 23.3 Å². The Kier molecular flexibility index (Phi) is 9.14. The van der Waals surface area contributed by atoms with Crippen molar-refractivity contribution in [1.82, 2.24) is 0 Å². The first-order valence-electron chi connectivity index (χ1n) is 8.70. The summed E-state index contributed by atoms with van der Waals surface area (Å²) in [6.07, 6.45) is 0. The molecule has 0 fully saturated rings. The van der Waals surface area contributed by atoms with Crippen LogP contribution in [-0.4, -0.2) is 31.2 Å². The van der Waals surface area contributed by atoms with Gasteiger partial charge in [0.2, 0.25) is 0 Å². The Morgan fingerprint density at radius 2 is 1.66 bits per heavy atom. The van der Waals surface area contributed by atoms with Gasteiger partial charge in [-0.25, -0.2) is 4.79 Å². The van der Waals surface area contributed by atoms with E-state index in [1.807, 2.05) is 0 Å². The van der Waals surface area contributed by atoms with Crippen molar-refractivity contribution in [3.63, 3.8) is 0 Å². The Labute approximate surface area is 179 Å². The largest absolute Gasteiger partial charge is 0.482 e. The lowest BCUT2D eigenvalue weighted by molar-refractivity contribution is -0.145. The molecule has 0 unspecified atom stereocenters. The molecule has 7 nitrogen and oxygen atoms in total. The summed E-state index contributed by atoms with van der Waals surface area (Å²) in [5.74, 6) is -0.484. The van der Waals surface area contributed by atoms with Crippen molar-refractivity contribution in [2.24, 2.45) is 5.16 Å². The number of rotatable bonds is 10. The highest BCUT2D eigenvalue weighted by atomic mass is 35.5. The maximum absolute atomic E-state index is 13.2. The van der Waals surface area contributed by atoms with E-state index in [0.717, 1.165) is 0 Å². The number of carbonyl (C=O) groups is 1. The van der Waals surface area contributed by atoms with Crippen LogP contribution in [0.4, 0.5) is 0 Å². The summed E-state index contributed by atoms with van der Waals surface area (Å²) in [6.45, 7) is 3.14. The molecular weight excluding hydrogens is 440 g/mol. The average molecular weight is 460 g/mol. The van der Waals surface area contributed by atoms with Crippen molar-refractivity contribution < 1.29 is 28.0 Å². The Morgan fingerprint density at radius 3 is 2.24 bits per heavy atom. The maximum atomic E-state index is 13.2. The van der Waals surface area contributed by atoms with E-state index < -0.39 is 20.2 Å². The Hall–Kier alpha value is -1.89. The highest BCUT2D eigenvalue weighted by molar-refractivity contribution is 7.73. The molecule has 0 bridgehead atoms. The van der Waals surface area contributed by atoms with Crippen LogP contribution in [0.2, 0.25) is 10.0 Å². The van der Waals surface area contributed by atoms with E-state index >= 15 is 0 Å². The predicted octanol–water partition coefficient (Wildman–Crippen LogP) is 5.54. The second-order valence-corrected chi connectivity index (χ2v) is 8.19. The highest BCUT2D eigenvalue weighted by Gasteiger charge is 2.34. The van der Waals surface area contributed by atoms with Crippen molar-refractivity contribution in [3.8, 4) is 5.75 Å². The summed E-state index contributed by atoms with van der Waals surface area (Å²) in [6, 6.07) is 13.1. The molecule has 0 atom stereocenters. The summed E-state index contributed by atoms with van der Waals surface area (Å²) in [5, 5.41) is 4.42. The first-order chi connectivity index (χ1) is 13.9. The van der Waals surface area contributed by atoms with E-state index in [4.69, 9.17) is 41.8 Å². The van der Waals surface area contributed by atoms with Crippen molar-refractivity contribution >= 4 is 42.2 Å². The SMILES string of the molecule is CCOP(=O)(OCC)C(=NOC(=O)COc1ccc(Cl)c(Cl)c1)c1ccccc1. The van der Waals surface area contributed by atoms with Gasteiger partial charge in [0.15, 0.2) is 12.1 Å². The highest BCUT2D eigenvalue weighted by Crippen LogP contribution is 2.51. The second kappa shape index (κ2) is 11.3. The van der Waals surface area contributed by atoms with Crippen molar-refractivity contribution in [2.45, 2.75) is 13.8 Å². The molecule has 0 aromatic heterocycles. The van der Waals surface area contributed by atoms with Gasteiger partial charge in [-0.2, -0.15) is 0 Å². The van der Waals surface area contributed by atoms with Crippen molar-refractivity contribution in [1.29, 1.82) is 0 Å². The third-order valence-corrected chi connectivity index (χ3v) is 6.17. The fraction of sp³-hybridized carbons (Fsp3) is 0.263. The van der Waals surface area contributed by atoms with Gasteiger partial charge < -0.3 is 18.6 Å². The van der Waals surface area contributed by atoms with Gasteiger partial charge in [-0.3, -0.25) is 4.57 Å². The maximum Gasteiger partial charge on any atom is 0.383 e. The predicted molar refractivity (Wildman–Crippen MR) is 112 cm³/mol. The molecule has 2 aromatic rings. The minimum Gasteiger partial charge on any atom is -0.482 e. The van der Waals surface area contributed by atoms with E-state index in [2.05, 4.69) is 5.16 Å². The molecule has 0 N–H and O–H groups in total. The Bertz CT molecular complexity index is 897. The fourth-order valence-corrected chi connectivity index (χ4v) is 4.07. The standard InChI is InChI=1S/C19H20Cl2NO6P/c1-3-26-29(24,27-4-2)19(14-8-6-5-7-9-14)22-28-18(23)13-25-15-10-11-16(20)17(21)12-15/h5-12H,3-4,13H2,1-2H3. The molecule has 0 radical (unpaired) electrons. The smallest absolute Gasteiger partial charge is 0.383 e. The topological polar surface area (TPSA) is 83.4 Å². The number of ether oxygens (including phenoxy) is 1. The minimum atomic E-state index is -3.80. The number of halogens is 2. The van der Waals surface area contributed by atoms with Crippen molar-refractivity contribution in [2.75, 3.05) is 19.8 Å². The molecule has 0 amide bonds. The number of oxime groups is 1. The van der Waals surface area contributed by atoms with Gasteiger partial charge in [0, 0.05) is 11.6 Å². The van der Waals surface area contributed by atoms with Gasteiger partial charge in [0.25, 0.3) is 0 Å². The zero-order chi connectivity index (χ0) is 21.3. The molecule has 29 heavy (non-hydrogen) atoms. The zero-order valence-corrected chi connectivity index (χ0v) is 18.2. The third kappa shape index (κ3) is 6.84. The minimum absolute atomic E-state index is 0.107. The molecule has 10 heteroatoms. The normalized spacial score (nSPS) is 11.9. The quantitative estimate of drug-likeness (QED) is 0.200. The number of hydrogen-bond acceptors (Lipinski definition) is 7. The summed E-state index contributed by atoms with van der Waals surface area (Å²) in [7, 11) is -3.80. The molecule has 2 aromatic carbocycles. The lowest BCUT2D eigenvalue weighted by Crippen LogP contribution is -2.15. The average Bonchev–Trinajstić information content (AvgIpc) is 2.70. The van der Waals surface area contributed by atoms with Crippen LogP contribution in [0.5, 0.6) is 5.75 Å². The number of nitrogens with zero attached hydrogens (tertiary/aromatic N) is 1. The molecule has 0 saturated heterocycles. The molecule has 2 rings (SSSR count). The second-order valence-electron chi connectivity index (χ2n) is 5.44. The lowest BCUT2D eigenvalue weighted by Gasteiger charge is -2.18. The van der Waals surface area contributed by atoms with E-state index in [1.54, 1.807) is 50.2 Å².